The average molecular weight is 299 g/mol. The van der Waals surface area contributed by atoms with Crippen LogP contribution in [0.5, 0.6) is 0 Å². The first-order valence-corrected chi connectivity index (χ1v) is 7.41. The number of hydrogen-bond acceptors (Lipinski definition) is 3. The van der Waals surface area contributed by atoms with Crippen LogP contribution in [0, 0.1) is 12.7 Å². The van der Waals surface area contributed by atoms with Crippen molar-refractivity contribution in [2.75, 3.05) is 6.54 Å². The third kappa shape index (κ3) is 4.00. The summed E-state index contributed by atoms with van der Waals surface area (Å²) in [4.78, 5) is 4.41. The lowest BCUT2D eigenvalue weighted by Crippen LogP contribution is -2.21. The van der Waals surface area contributed by atoms with E-state index in [9.17, 15) is 4.39 Å². The van der Waals surface area contributed by atoms with Crippen LogP contribution >= 0.6 is 22.9 Å². The van der Waals surface area contributed by atoms with E-state index in [1.165, 1.54) is 6.07 Å². The predicted octanol–water partition coefficient (Wildman–Crippen LogP) is 4.14. The molecule has 1 atom stereocenters. The molecule has 0 fully saturated rings. The number of aryl methyl sites for hydroxylation is 1. The number of rotatable bonds is 5. The van der Waals surface area contributed by atoms with E-state index in [0.29, 0.717) is 0 Å². The fourth-order valence-corrected chi connectivity index (χ4v) is 2.68. The highest BCUT2D eigenvalue weighted by Gasteiger charge is 2.08. The smallest absolute Gasteiger partial charge is 0.141 e. The lowest BCUT2D eigenvalue weighted by atomic mass is 10.1. The van der Waals surface area contributed by atoms with E-state index < -0.39 is 0 Å². The van der Waals surface area contributed by atoms with Crippen molar-refractivity contribution in [3.05, 3.63) is 50.7 Å². The quantitative estimate of drug-likeness (QED) is 0.897. The Morgan fingerprint density at radius 1 is 1.47 bits per heavy atom. The largest absolute Gasteiger partial charge is 0.310 e. The summed E-state index contributed by atoms with van der Waals surface area (Å²) in [5.74, 6) is -0.379. The second kappa shape index (κ2) is 6.46. The van der Waals surface area contributed by atoms with Crippen LogP contribution in [0.1, 0.15) is 29.2 Å². The van der Waals surface area contributed by atoms with Gasteiger partial charge in [-0.15, -0.1) is 11.3 Å². The molecule has 2 nitrogen and oxygen atoms in total. The molecule has 2 aromatic rings. The summed E-state index contributed by atoms with van der Waals surface area (Å²) >= 11 is 7.44. The van der Waals surface area contributed by atoms with Crippen LogP contribution in [-0.2, 0) is 6.42 Å². The van der Waals surface area contributed by atoms with Crippen molar-refractivity contribution in [2.45, 2.75) is 26.3 Å². The fraction of sp³-hybridized carbons (Fsp3) is 0.357. The van der Waals surface area contributed by atoms with Gasteiger partial charge in [-0.2, -0.15) is 0 Å². The van der Waals surface area contributed by atoms with Crippen LogP contribution in [0.2, 0.25) is 5.02 Å². The average Bonchev–Trinajstić information content (AvgIpc) is 2.78. The van der Waals surface area contributed by atoms with Crippen LogP contribution in [-0.4, -0.2) is 11.5 Å². The molecule has 0 saturated carbocycles. The Hall–Kier alpha value is -0.970. The van der Waals surface area contributed by atoms with Crippen LogP contribution in [0.4, 0.5) is 4.39 Å². The van der Waals surface area contributed by atoms with Crippen molar-refractivity contribution in [3.8, 4) is 0 Å². The van der Waals surface area contributed by atoms with Crippen LogP contribution in [0.25, 0.3) is 0 Å². The molecular formula is C14H16ClFN2S. The van der Waals surface area contributed by atoms with Crippen molar-refractivity contribution in [3.63, 3.8) is 0 Å². The van der Waals surface area contributed by atoms with Gasteiger partial charge < -0.3 is 5.32 Å². The minimum absolute atomic E-state index is 0.137. The number of halogens is 2. The van der Waals surface area contributed by atoms with Crippen LogP contribution in [0.3, 0.4) is 0 Å². The zero-order valence-electron chi connectivity index (χ0n) is 10.9. The van der Waals surface area contributed by atoms with Gasteiger partial charge in [0.25, 0.3) is 0 Å². The van der Waals surface area contributed by atoms with Gasteiger partial charge in [0.05, 0.1) is 15.7 Å². The zero-order valence-corrected chi connectivity index (χ0v) is 12.5. The molecule has 19 heavy (non-hydrogen) atoms. The second-order valence-corrected chi connectivity index (χ2v) is 5.93. The first kappa shape index (κ1) is 14.4. The second-order valence-electron chi connectivity index (χ2n) is 4.46. The number of aromatic nitrogens is 1. The van der Waals surface area contributed by atoms with Crippen molar-refractivity contribution < 1.29 is 4.39 Å². The number of hydrogen-bond donors (Lipinski definition) is 1. The zero-order chi connectivity index (χ0) is 13.8. The number of thiazole rings is 1. The lowest BCUT2D eigenvalue weighted by molar-refractivity contribution is 0.571. The van der Waals surface area contributed by atoms with E-state index >= 15 is 0 Å². The fourth-order valence-electron chi connectivity index (χ4n) is 1.84. The summed E-state index contributed by atoms with van der Waals surface area (Å²) in [5.41, 5.74) is 2.10. The molecule has 0 saturated heterocycles. The molecule has 0 aliphatic carbocycles. The van der Waals surface area contributed by atoms with Crippen LogP contribution in [0.15, 0.2) is 23.6 Å². The van der Waals surface area contributed by atoms with Crippen molar-refractivity contribution in [2.24, 2.45) is 0 Å². The Morgan fingerprint density at radius 2 is 2.26 bits per heavy atom. The molecule has 0 bridgehead atoms. The van der Waals surface area contributed by atoms with E-state index in [0.717, 1.165) is 29.2 Å². The van der Waals surface area contributed by atoms with Gasteiger partial charge in [-0.1, -0.05) is 17.7 Å². The molecule has 0 aliphatic heterocycles. The van der Waals surface area contributed by atoms with Gasteiger partial charge >= 0.3 is 0 Å². The highest BCUT2D eigenvalue weighted by molar-refractivity contribution is 7.09. The van der Waals surface area contributed by atoms with Crippen molar-refractivity contribution in [1.82, 2.24) is 10.3 Å². The van der Waals surface area contributed by atoms with Crippen molar-refractivity contribution in [1.29, 1.82) is 0 Å². The SMILES string of the molecule is Cc1nc(CCNC(C)c2ccc(F)c(Cl)c2)cs1. The third-order valence-corrected chi connectivity index (χ3v) is 4.05. The van der Waals surface area contributed by atoms with Gasteiger partial charge in [0.15, 0.2) is 0 Å². The van der Waals surface area contributed by atoms with Gasteiger partial charge in [0.2, 0.25) is 0 Å². The predicted molar refractivity (Wildman–Crippen MR) is 78.4 cm³/mol. The van der Waals surface area contributed by atoms with E-state index in [1.807, 2.05) is 13.8 Å². The van der Waals surface area contributed by atoms with Crippen molar-refractivity contribution >= 4 is 22.9 Å². The Morgan fingerprint density at radius 3 is 2.89 bits per heavy atom. The summed E-state index contributed by atoms with van der Waals surface area (Å²) in [5, 5.41) is 6.73. The Balaban J connectivity index is 1.86. The van der Waals surface area contributed by atoms with Gasteiger partial charge in [0, 0.05) is 24.4 Å². The summed E-state index contributed by atoms with van der Waals surface area (Å²) in [6, 6.07) is 4.96. The van der Waals surface area contributed by atoms with Gasteiger partial charge in [-0.3, -0.25) is 0 Å². The molecule has 2 rings (SSSR count). The topological polar surface area (TPSA) is 24.9 Å². The molecule has 0 aliphatic rings. The molecule has 5 heteroatoms. The first-order chi connectivity index (χ1) is 9.06. The van der Waals surface area contributed by atoms with Gasteiger partial charge in [-0.05, 0) is 31.5 Å². The molecule has 0 spiro atoms. The van der Waals surface area contributed by atoms with E-state index in [2.05, 4.69) is 15.7 Å². The van der Waals surface area contributed by atoms with E-state index in [4.69, 9.17) is 11.6 Å². The van der Waals surface area contributed by atoms with Crippen LogP contribution < -0.4 is 5.32 Å². The third-order valence-electron chi connectivity index (χ3n) is 2.94. The molecule has 1 aromatic carbocycles. The highest BCUT2D eigenvalue weighted by atomic mass is 35.5. The standard InChI is InChI=1S/C14H16ClFN2S/c1-9(11-3-4-14(16)13(15)7-11)17-6-5-12-8-19-10(2)18-12/h3-4,7-9,17H,5-6H2,1-2H3. The Kier molecular flexibility index (Phi) is 4.91. The summed E-state index contributed by atoms with van der Waals surface area (Å²) in [7, 11) is 0. The molecule has 1 N–H and O–H groups in total. The normalized spacial score (nSPS) is 12.6. The van der Waals surface area contributed by atoms with Gasteiger partial charge in [0.1, 0.15) is 5.82 Å². The molecular weight excluding hydrogens is 283 g/mol. The maximum atomic E-state index is 13.1. The highest BCUT2D eigenvalue weighted by Crippen LogP contribution is 2.20. The molecule has 1 aromatic heterocycles. The first-order valence-electron chi connectivity index (χ1n) is 6.15. The van der Waals surface area contributed by atoms with Gasteiger partial charge in [-0.25, -0.2) is 9.37 Å². The molecule has 0 amide bonds. The minimum atomic E-state index is -0.379. The maximum absolute atomic E-state index is 13.1. The molecule has 102 valence electrons. The van der Waals surface area contributed by atoms with E-state index in [1.54, 1.807) is 23.5 Å². The monoisotopic (exact) mass is 298 g/mol. The molecule has 0 radical (unpaired) electrons. The minimum Gasteiger partial charge on any atom is -0.310 e. The number of benzene rings is 1. The lowest BCUT2D eigenvalue weighted by Gasteiger charge is -2.14. The number of nitrogens with zero attached hydrogens (tertiary/aromatic N) is 1. The Labute approximate surface area is 121 Å². The summed E-state index contributed by atoms with van der Waals surface area (Å²) in [6.07, 6.45) is 0.892. The molecule has 1 heterocycles. The summed E-state index contributed by atoms with van der Waals surface area (Å²) in [6.45, 7) is 4.87. The van der Waals surface area contributed by atoms with E-state index in [-0.39, 0.29) is 16.9 Å². The Bertz CT molecular complexity index is 556. The summed E-state index contributed by atoms with van der Waals surface area (Å²) < 4.78 is 13.1. The number of nitrogens with one attached hydrogen (secondary N) is 1. The molecule has 1 unspecified atom stereocenters. The maximum Gasteiger partial charge on any atom is 0.141 e.